The Hall–Kier alpha value is -3.07. The molecule has 0 bridgehead atoms. The van der Waals surface area contributed by atoms with Crippen LogP contribution in [0.25, 0.3) is 0 Å². The van der Waals surface area contributed by atoms with Gasteiger partial charge in [-0.1, -0.05) is 35.3 Å². The van der Waals surface area contributed by atoms with Crippen LogP contribution < -0.4 is 15.4 Å². The first kappa shape index (κ1) is 27.5. The summed E-state index contributed by atoms with van der Waals surface area (Å²) in [7, 11) is 0. The van der Waals surface area contributed by atoms with E-state index in [1.807, 2.05) is 19.1 Å². The minimum absolute atomic E-state index is 0.00839. The van der Waals surface area contributed by atoms with Crippen molar-refractivity contribution in [3.63, 3.8) is 0 Å². The highest BCUT2D eigenvalue weighted by Gasteiger charge is 2.12. The Morgan fingerprint density at radius 2 is 1.61 bits per heavy atom. The highest BCUT2D eigenvalue weighted by atomic mass is 79.9. The summed E-state index contributed by atoms with van der Waals surface area (Å²) in [6, 6.07) is 17.3. The zero-order chi connectivity index (χ0) is 26.1. The largest absolute Gasteiger partial charge is 0.456 e. The second kappa shape index (κ2) is 13.3. The number of benzene rings is 3. The van der Waals surface area contributed by atoms with Gasteiger partial charge in [0.2, 0.25) is 5.91 Å². The highest BCUT2D eigenvalue weighted by Crippen LogP contribution is 2.30. The lowest BCUT2D eigenvalue weighted by atomic mass is 10.2. The topological polar surface area (TPSA) is 93.7 Å². The number of amides is 2. The number of hydrogen-bond acceptors (Lipinski definition) is 5. The molecular weight excluding hydrogens is 571 g/mol. The van der Waals surface area contributed by atoms with E-state index < -0.39 is 18.5 Å². The lowest BCUT2D eigenvalue weighted by Crippen LogP contribution is -2.21. The Labute approximate surface area is 227 Å². The van der Waals surface area contributed by atoms with Gasteiger partial charge < -0.3 is 20.1 Å². The first-order chi connectivity index (χ1) is 17.2. The maximum absolute atomic E-state index is 12.2. The Bertz CT molecular complexity index is 1250. The number of nitrogens with one attached hydrogen (secondary N) is 2. The third kappa shape index (κ3) is 8.55. The van der Waals surface area contributed by atoms with Gasteiger partial charge in [-0.15, -0.1) is 0 Å². The van der Waals surface area contributed by atoms with Gasteiger partial charge in [0, 0.05) is 28.7 Å². The maximum Gasteiger partial charge on any atom is 0.306 e. The standard InChI is InChI=1S/C26H23BrCl2N2O5/c1-16-13-19(27)21(29)14-22(16)31-25(33)15-35-26(34)8-4-7-24(32)30-17-9-11-18(12-10-17)36-23-6-3-2-5-20(23)28/h2-3,5-6,9-14H,4,7-8,15H2,1H3,(H,30,32)(H,31,33). The number of carbonyl (C=O) groups is 3. The number of esters is 1. The Balaban J connectivity index is 1.35. The number of halogens is 3. The van der Waals surface area contributed by atoms with Crippen molar-refractivity contribution < 1.29 is 23.9 Å². The fraction of sp³-hybridized carbons (Fsp3) is 0.192. The van der Waals surface area contributed by atoms with Crippen molar-refractivity contribution in [1.29, 1.82) is 0 Å². The molecule has 0 aliphatic rings. The van der Waals surface area contributed by atoms with Crippen LogP contribution in [-0.2, 0) is 19.1 Å². The molecule has 0 unspecified atom stereocenters. The van der Waals surface area contributed by atoms with Crippen molar-refractivity contribution in [2.45, 2.75) is 26.2 Å². The van der Waals surface area contributed by atoms with E-state index in [2.05, 4.69) is 26.6 Å². The molecule has 0 heterocycles. The zero-order valence-electron chi connectivity index (χ0n) is 19.3. The monoisotopic (exact) mass is 592 g/mol. The molecule has 10 heteroatoms. The number of carbonyl (C=O) groups excluding carboxylic acids is 3. The summed E-state index contributed by atoms with van der Waals surface area (Å²) in [4.78, 5) is 36.2. The summed E-state index contributed by atoms with van der Waals surface area (Å²) < 4.78 is 11.4. The van der Waals surface area contributed by atoms with Crippen LogP contribution in [0.4, 0.5) is 11.4 Å². The summed E-state index contributed by atoms with van der Waals surface area (Å²) in [6.45, 7) is 1.39. The lowest BCUT2D eigenvalue weighted by molar-refractivity contribution is -0.147. The average Bonchev–Trinajstić information content (AvgIpc) is 2.84. The zero-order valence-corrected chi connectivity index (χ0v) is 22.4. The highest BCUT2D eigenvalue weighted by molar-refractivity contribution is 9.10. The Kier molecular flexibility index (Phi) is 10.2. The minimum Gasteiger partial charge on any atom is -0.456 e. The quantitative estimate of drug-likeness (QED) is 0.243. The molecule has 0 fully saturated rings. The molecule has 2 N–H and O–H groups in total. The second-order valence-electron chi connectivity index (χ2n) is 7.75. The molecule has 188 valence electrons. The molecule has 3 aromatic carbocycles. The third-order valence-corrected chi connectivity index (χ3v) is 6.40. The van der Waals surface area contributed by atoms with E-state index in [0.29, 0.717) is 32.9 Å². The van der Waals surface area contributed by atoms with Crippen molar-refractivity contribution in [2.24, 2.45) is 0 Å². The molecule has 0 aliphatic carbocycles. The fourth-order valence-corrected chi connectivity index (χ4v) is 3.86. The normalized spacial score (nSPS) is 10.4. The molecule has 3 aromatic rings. The van der Waals surface area contributed by atoms with Crippen molar-refractivity contribution in [1.82, 2.24) is 0 Å². The molecule has 3 rings (SSSR count). The summed E-state index contributed by atoms with van der Waals surface area (Å²) in [5.74, 6) is -0.184. The van der Waals surface area contributed by atoms with Gasteiger partial charge in [-0.05, 0) is 83.4 Å². The van der Waals surface area contributed by atoms with Gasteiger partial charge in [0.25, 0.3) is 5.91 Å². The molecule has 2 amide bonds. The van der Waals surface area contributed by atoms with Crippen LogP contribution in [0.1, 0.15) is 24.8 Å². The fourth-order valence-electron chi connectivity index (χ4n) is 3.06. The van der Waals surface area contributed by atoms with E-state index in [1.54, 1.807) is 48.5 Å². The van der Waals surface area contributed by atoms with Gasteiger partial charge in [-0.2, -0.15) is 0 Å². The molecule has 0 saturated heterocycles. The molecule has 0 atom stereocenters. The summed E-state index contributed by atoms with van der Waals surface area (Å²) in [5.41, 5.74) is 1.93. The van der Waals surface area contributed by atoms with Crippen molar-refractivity contribution in [3.05, 3.63) is 80.7 Å². The molecule has 36 heavy (non-hydrogen) atoms. The maximum atomic E-state index is 12.2. The summed E-state index contributed by atoms with van der Waals surface area (Å²) >= 11 is 15.4. The van der Waals surface area contributed by atoms with Crippen LogP contribution in [0.3, 0.4) is 0 Å². The van der Waals surface area contributed by atoms with Gasteiger partial charge in [0.15, 0.2) is 6.61 Å². The van der Waals surface area contributed by atoms with Crippen LogP contribution in [0.5, 0.6) is 11.5 Å². The first-order valence-electron chi connectivity index (χ1n) is 10.9. The molecule has 0 radical (unpaired) electrons. The number of hydrogen-bond donors (Lipinski definition) is 2. The van der Waals surface area contributed by atoms with E-state index in [0.717, 1.165) is 10.0 Å². The van der Waals surface area contributed by atoms with Crippen LogP contribution >= 0.6 is 39.1 Å². The molecular formula is C26H23BrCl2N2O5. The summed E-state index contributed by atoms with van der Waals surface area (Å²) in [6.07, 6.45) is 0.408. The van der Waals surface area contributed by atoms with E-state index >= 15 is 0 Å². The van der Waals surface area contributed by atoms with E-state index in [9.17, 15) is 14.4 Å². The predicted octanol–water partition coefficient (Wildman–Crippen LogP) is 7.15. The number of para-hydroxylation sites is 1. The Morgan fingerprint density at radius 1 is 0.889 bits per heavy atom. The van der Waals surface area contributed by atoms with E-state index in [1.165, 1.54) is 0 Å². The number of aryl methyl sites for hydroxylation is 1. The average molecular weight is 594 g/mol. The van der Waals surface area contributed by atoms with Crippen molar-refractivity contribution >= 4 is 68.3 Å². The number of rotatable bonds is 10. The van der Waals surface area contributed by atoms with Gasteiger partial charge >= 0.3 is 5.97 Å². The smallest absolute Gasteiger partial charge is 0.306 e. The number of anilines is 2. The third-order valence-electron chi connectivity index (χ3n) is 4.89. The van der Waals surface area contributed by atoms with E-state index in [4.69, 9.17) is 32.7 Å². The molecule has 0 aromatic heterocycles. The van der Waals surface area contributed by atoms with E-state index in [-0.39, 0.29) is 25.2 Å². The molecule has 0 spiro atoms. The van der Waals surface area contributed by atoms with Gasteiger partial charge in [-0.25, -0.2) is 0 Å². The summed E-state index contributed by atoms with van der Waals surface area (Å²) in [5, 5.41) is 6.36. The first-order valence-corrected chi connectivity index (χ1v) is 12.5. The van der Waals surface area contributed by atoms with Crippen molar-refractivity contribution in [2.75, 3.05) is 17.2 Å². The Morgan fingerprint density at radius 3 is 2.33 bits per heavy atom. The van der Waals surface area contributed by atoms with Gasteiger partial charge in [-0.3, -0.25) is 14.4 Å². The molecule has 0 saturated carbocycles. The SMILES string of the molecule is Cc1cc(Br)c(Cl)cc1NC(=O)COC(=O)CCCC(=O)Nc1ccc(Oc2ccccc2Cl)cc1. The molecule has 7 nitrogen and oxygen atoms in total. The van der Waals surface area contributed by atoms with Crippen LogP contribution in [0, 0.1) is 6.92 Å². The predicted molar refractivity (Wildman–Crippen MR) is 144 cm³/mol. The van der Waals surface area contributed by atoms with Crippen LogP contribution in [0.2, 0.25) is 10.0 Å². The van der Waals surface area contributed by atoms with Crippen LogP contribution in [0.15, 0.2) is 65.1 Å². The van der Waals surface area contributed by atoms with Crippen molar-refractivity contribution in [3.8, 4) is 11.5 Å². The number of ether oxygens (including phenoxy) is 2. The molecule has 0 aliphatic heterocycles. The second-order valence-corrected chi connectivity index (χ2v) is 9.42. The lowest BCUT2D eigenvalue weighted by Gasteiger charge is -2.10. The van der Waals surface area contributed by atoms with Crippen LogP contribution in [-0.4, -0.2) is 24.4 Å². The van der Waals surface area contributed by atoms with Gasteiger partial charge in [0.05, 0.1) is 10.0 Å². The van der Waals surface area contributed by atoms with Gasteiger partial charge in [0.1, 0.15) is 11.5 Å². The minimum atomic E-state index is -0.565.